The fourth-order valence-corrected chi connectivity index (χ4v) is 3.58. The zero-order valence-electron chi connectivity index (χ0n) is 16.4. The van der Waals surface area contributed by atoms with Gasteiger partial charge in [-0.15, -0.1) is 0 Å². The SMILES string of the molecule is CCc1ccc(N(CC(=O)Nc2cccc(C(=O)OC)c2C)S(C)(=O)=O)cc1. The lowest BCUT2D eigenvalue weighted by atomic mass is 10.1. The molecule has 150 valence electrons. The third-order valence-electron chi connectivity index (χ3n) is 4.33. The molecule has 0 saturated carbocycles. The number of aryl methyl sites for hydroxylation is 1. The number of esters is 1. The molecular weight excluding hydrogens is 380 g/mol. The van der Waals surface area contributed by atoms with Gasteiger partial charge >= 0.3 is 5.97 Å². The van der Waals surface area contributed by atoms with E-state index >= 15 is 0 Å². The molecule has 0 fully saturated rings. The van der Waals surface area contributed by atoms with Crippen molar-refractivity contribution < 1.29 is 22.7 Å². The maximum atomic E-state index is 12.5. The Bertz CT molecular complexity index is 969. The van der Waals surface area contributed by atoms with Crippen molar-refractivity contribution >= 4 is 33.3 Å². The summed E-state index contributed by atoms with van der Waals surface area (Å²) in [6.07, 6.45) is 1.88. The van der Waals surface area contributed by atoms with Crippen molar-refractivity contribution in [3.05, 3.63) is 59.2 Å². The number of nitrogens with one attached hydrogen (secondary N) is 1. The second-order valence-corrected chi connectivity index (χ2v) is 8.21. The van der Waals surface area contributed by atoms with Crippen molar-refractivity contribution in [2.45, 2.75) is 20.3 Å². The lowest BCUT2D eigenvalue weighted by Crippen LogP contribution is -2.37. The van der Waals surface area contributed by atoms with Crippen molar-refractivity contribution in [3.63, 3.8) is 0 Å². The van der Waals surface area contributed by atoms with Crippen LogP contribution < -0.4 is 9.62 Å². The molecule has 0 radical (unpaired) electrons. The Kier molecular flexibility index (Phi) is 6.80. The number of hydrogen-bond donors (Lipinski definition) is 1. The molecule has 0 atom stereocenters. The molecule has 0 aliphatic heterocycles. The van der Waals surface area contributed by atoms with Gasteiger partial charge in [0.05, 0.1) is 24.6 Å². The lowest BCUT2D eigenvalue weighted by molar-refractivity contribution is -0.114. The van der Waals surface area contributed by atoms with E-state index in [1.807, 2.05) is 19.1 Å². The highest BCUT2D eigenvalue weighted by Crippen LogP contribution is 2.21. The minimum Gasteiger partial charge on any atom is -0.465 e. The third kappa shape index (κ3) is 5.10. The minimum atomic E-state index is -3.66. The summed E-state index contributed by atoms with van der Waals surface area (Å²) in [5.41, 5.74) is 2.77. The van der Waals surface area contributed by atoms with Gasteiger partial charge in [0.25, 0.3) is 0 Å². The summed E-state index contributed by atoms with van der Waals surface area (Å²) in [4.78, 5) is 24.3. The van der Waals surface area contributed by atoms with E-state index in [-0.39, 0.29) is 6.54 Å². The van der Waals surface area contributed by atoms with E-state index in [1.165, 1.54) is 7.11 Å². The highest BCUT2D eigenvalue weighted by molar-refractivity contribution is 7.92. The molecule has 0 saturated heterocycles. The molecule has 28 heavy (non-hydrogen) atoms. The average molecular weight is 404 g/mol. The number of amides is 1. The Morgan fingerprint density at radius 3 is 2.29 bits per heavy atom. The fourth-order valence-electron chi connectivity index (χ4n) is 2.72. The topological polar surface area (TPSA) is 92.8 Å². The van der Waals surface area contributed by atoms with Crippen LogP contribution in [0.4, 0.5) is 11.4 Å². The van der Waals surface area contributed by atoms with Crippen molar-refractivity contribution in [2.75, 3.05) is 29.5 Å². The number of anilines is 2. The van der Waals surface area contributed by atoms with Crippen LogP contribution in [0.25, 0.3) is 0 Å². The van der Waals surface area contributed by atoms with Gasteiger partial charge < -0.3 is 10.1 Å². The molecule has 0 aromatic heterocycles. The van der Waals surface area contributed by atoms with E-state index in [0.29, 0.717) is 22.5 Å². The van der Waals surface area contributed by atoms with E-state index in [9.17, 15) is 18.0 Å². The quantitative estimate of drug-likeness (QED) is 0.717. The third-order valence-corrected chi connectivity index (χ3v) is 5.47. The second-order valence-electron chi connectivity index (χ2n) is 6.31. The zero-order chi connectivity index (χ0) is 20.9. The second kappa shape index (κ2) is 8.88. The highest BCUT2D eigenvalue weighted by Gasteiger charge is 2.22. The first kappa shape index (κ1) is 21.4. The molecule has 7 nitrogen and oxygen atoms in total. The molecule has 2 aromatic rings. The molecule has 0 aliphatic carbocycles. The first-order chi connectivity index (χ1) is 13.2. The summed E-state index contributed by atoms with van der Waals surface area (Å²) in [5.74, 6) is -1.03. The van der Waals surface area contributed by atoms with Crippen molar-refractivity contribution in [1.29, 1.82) is 0 Å². The normalized spacial score (nSPS) is 11.0. The molecule has 1 amide bonds. The molecule has 0 unspecified atom stereocenters. The van der Waals surface area contributed by atoms with Crippen LogP contribution in [0.5, 0.6) is 0 Å². The van der Waals surface area contributed by atoms with E-state index < -0.39 is 21.9 Å². The number of sulfonamides is 1. The molecular formula is C20H24N2O5S. The Morgan fingerprint density at radius 2 is 1.75 bits per heavy atom. The molecule has 2 aromatic carbocycles. The van der Waals surface area contributed by atoms with Crippen LogP contribution in [-0.2, 0) is 26.0 Å². The van der Waals surface area contributed by atoms with Crippen LogP contribution in [-0.4, -0.2) is 40.2 Å². The summed E-state index contributed by atoms with van der Waals surface area (Å²) in [5, 5.41) is 2.67. The standard InChI is InChI=1S/C20H24N2O5S/c1-5-15-9-11-16(12-10-15)22(28(4,25)26)13-19(23)21-18-8-6-7-17(14(18)2)20(24)27-3/h6-12H,5,13H2,1-4H3,(H,21,23). The highest BCUT2D eigenvalue weighted by atomic mass is 32.2. The van der Waals surface area contributed by atoms with Gasteiger partial charge in [-0.2, -0.15) is 0 Å². The van der Waals surface area contributed by atoms with Gasteiger partial charge in [-0.25, -0.2) is 13.2 Å². The molecule has 0 aliphatic rings. The van der Waals surface area contributed by atoms with Gasteiger partial charge in [0.15, 0.2) is 0 Å². The first-order valence-electron chi connectivity index (χ1n) is 8.71. The van der Waals surface area contributed by atoms with Crippen LogP contribution in [0.15, 0.2) is 42.5 Å². The summed E-state index contributed by atoms with van der Waals surface area (Å²) >= 11 is 0. The summed E-state index contributed by atoms with van der Waals surface area (Å²) in [7, 11) is -2.38. The Labute approximate surface area is 165 Å². The summed E-state index contributed by atoms with van der Waals surface area (Å²) in [6.45, 7) is 3.30. The maximum Gasteiger partial charge on any atom is 0.338 e. The number of carbonyl (C=O) groups excluding carboxylic acids is 2. The Hall–Kier alpha value is -2.87. The van der Waals surface area contributed by atoms with E-state index in [0.717, 1.165) is 22.5 Å². The molecule has 0 heterocycles. The van der Waals surface area contributed by atoms with Crippen LogP contribution in [0, 0.1) is 6.92 Å². The van der Waals surface area contributed by atoms with Crippen molar-refractivity contribution in [3.8, 4) is 0 Å². The fraction of sp³-hybridized carbons (Fsp3) is 0.300. The minimum absolute atomic E-state index is 0.329. The van der Waals surface area contributed by atoms with Gasteiger partial charge in [-0.1, -0.05) is 25.1 Å². The maximum absolute atomic E-state index is 12.5. The Balaban J connectivity index is 2.24. The molecule has 0 spiro atoms. The summed E-state index contributed by atoms with van der Waals surface area (Å²) < 4.78 is 30.2. The van der Waals surface area contributed by atoms with Gasteiger partial charge in [0, 0.05) is 5.69 Å². The number of carbonyl (C=O) groups is 2. The van der Waals surface area contributed by atoms with Crippen molar-refractivity contribution in [1.82, 2.24) is 0 Å². The number of nitrogens with zero attached hydrogens (tertiary/aromatic N) is 1. The van der Waals surface area contributed by atoms with E-state index in [1.54, 1.807) is 37.3 Å². The predicted molar refractivity (Wildman–Crippen MR) is 109 cm³/mol. The summed E-state index contributed by atoms with van der Waals surface area (Å²) in [6, 6.07) is 11.9. The van der Waals surface area contributed by atoms with Crippen molar-refractivity contribution in [2.24, 2.45) is 0 Å². The predicted octanol–water partition coefficient (Wildman–Crippen LogP) is 2.75. The van der Waals surface area contributed by atoms with Gasteiger partial charge in [0.2, 0.25) is 15.9 Å². The van der Waals surface area contributed by atoms with Gasteiger partial charge in [-0.3, -0.25) is 9.10 Å². The van der Waals surface area contributed by atoms with Crippen LogP contribution in [0.2, 0.25) is 0 Å². The Morgan fingerprint density at radius 1 is 1.11 bits per heavy atom. The lowest BCUT2D eigenvalue weighted by Gasteiger charge is -2.22. The number of hydrogen-bond acceptors (Lipinski definition) is 5. The van der Waals surface area contributed by atoms with E-state index in [2.05, 4.69) is 5.32 Å². The van der Waals surface area contributed by atoms with E-state index in [4.69, 9.17) is 4.74 Å². The number of benzene rings is 2. The first-order valence-corrected chi connectivity index (χ1v) is 10.6. The van der Waals surface area contributed by atoms with Crippen LogP contribution in [0.1, 0.15) is 28.4 Å². The van der Waals surface area contributed by atoms with Crippen LogP contribution in [0.3, 0.4) is 0 Å². The van der Waals surface area contributed by atoms with Crippen LogP contribution >= 0.6 is 0 Å². The smallest absolute Gasteiger partial charge is 0.338 e. The molecule has 1 N–H and O–H groups in total. The largest absolute Gasteiger partial charge is 0.465 e. The zero-order valence-corrected chi connectivity index (χ0v) is 17.2. The molecule has 2 rings (SSSR count). The number of ether oxygens (including phenoxy) is 1. The number of rotatable bonds is 7. The molecule has 8 heteroatoms. The monoisotopic (exact) mass is 404 g/mol. The van der Waals surface area contributed by atoms with Gasteiger partial charge in [-0.05, 0) is 48.7 Å². The van der Waals surface area contributed by atoms with Gasteiger partial charge in [0.1, 0.15) is 6.54 Å². The average Bonchev–Trinajstić information content (AvgIpc) is 2.66. The number of methoxy groups -OCH3 is 1. The molecule has 0 bridgehead atoms.